The lowest BCUT2D eigenvalue weighted by molar-refractivity contribution is 0.263. The smallest absolute Gasteiger partial charge is 0.175 e. The monoisotopic (exact) mass is 318 g/mol. The molecule has 0 heterocycles. The molecule has 0 aliphatic heterocycles. The molecular formula is C16H18N2O3S. The SMILES string of the molecule is Cc1c(NC(=S)Nc2ccccc2)cc(CO)c(O)c1CO. The van der Waals surface area contributed by atoms with Gasteiger partial charge in [0.25, 0.3) is 0 Å². The van der Waals surface area contributed by atoms with Crippen LogP contribution in [0.2, 0.25) is 0 Å². The van der Waals surface area contributed by atoms with E-state index in [4.69, 9.17) is 12.2 Å². The molecule has 0 atom stereocenters. The van der Waals surface area contributed by atoms with Crippen molar-refractivity contribution in [3.8, 4) is 5.75 Å². The second-order valence-corrected chi connectivity index (χ2v) is 5.21. The zero-order valence-corrected chi connectivity index (χ0v) is 12.9. The predicted octanol–water partition coefficient (Wildman–Crippen LogP) is 2.49. The van der Waals surface area contributed by atoms with Crippen molar-refractivity contribution < 1.29 is 15.3 Å². The first-order valence-corrected chi connectivity index (χ1v) is 7.16. The van der Waals surface area contributed by atoms with E-state index in [0.29, 0.717) is 27.5 Å². The lowest BCUT2D eigenvalue weighted by Gasteiger charge is -2.17. The number of para-hydroxylation sites is 1. The van der Waals surface area contributed by atoms with Gasteiger partial charge in [0.1, 0.15) is 5.75 Å². The van der Waals surface area contributed by atoms with Crippen molar-refractivity contribution in [2.75, 3.05) is 10.6 Å². The summed E-state index contributed by atoms with van der Waals surface area (Å²) in [7, 11) is 0. The number of nitrogens with one attached hydrogen (secondary N) is 2. The first kappa shape index (κ1) is 16.2. The van der Waals surface area contributed by atoms with Crippen LogP contribution >= 0.6 is 12.2 Å². The maximum atomic E-state index is 9.97. The van der Waals surface area contributed by atoms with E-state index in [2.05, 4.69) is 10.6 Å². The Morgan fingerprint density at radius 1 is 1.09 bits per heavy atom. The molecule has 0 saturated heterocycles. The van der Waals surface area contributed by atoms with Crippen LogP contribution < -0.4 is 10.6 Å². The van der Waals surface area contributed by atoms with Crippen LogP contribution in [0.15, 0.2) is 36.4 Å². The van der Waals surface area contributed by atoms with Gasteiger partial charge in [0.2, 0.25) is 0 Å². The summed E-state index contributed by atoms with van der Waals surface area (Å²) in [6.07, 6.45) is 0. The summed E-state index contributed by atoms with van der Waals surface area (Å²) >= 11 is 5.26. The molecule has 6 heteroatoms. The topological polar surface area (TPSA) is 84.8 Å². The molecule has 0 bridgehead atoms. The third-order valence-electron chi connectivity index (χ3n) is 3.37. The molecule has 0 fully saturated rings. The number of hydrogen-bond donors (Lipinski definition) is 5. The van der Waals surface area contributed by atoms with Crippen molar-refractivity contribution in [2.45, 2.75) is 20.1 Å². The van der Waals surface area contributed by atoms with E-state index in [-0.39, 0.29) is 19.0 Å². The molecule has 116 valence electrons. The van der Waals surface area contributed by atoms with Gasteiger partial charge in [-0.05, 0) is 42.9 Å². The van der Waals surface area contributed by atoms with Gasteiger partial charge in [-0.15, -0.1) is 0 Å². The lowest BCUT2D eigenvalue weighted by atomic mass is 10.0. The summed E-state index contributed by atoms with van der Waals surface area (Å²) in [4.78, 5) is 0. The number of aromatic hydroxyl groups is 1. The molecular weight excluding hydrogens is 300 g/mol. The molecule has 0 saturated carbocycles. The van der Waals surface area contributed by atoms with Crippen LogP contribution in [-0.2, 0) is 13.2 Å². The average Bonchev–Trinajstić information content (AvgIpc) is 2.51. The number of rotatable bonds is 4. The minimum atomic E-state index is -0.327. The van der Waals surface area contributed by atoms with Gasteiger partial charge in [0.05, 0.1) is 13.2 Å². The van der Waals surface area contributed by atoms with Crippen LogP contribution in [0.3, 0.4) is 0 Å². The van der Waals surface area contributed by atoms with Gasteiger partial charge < -0.3 is 26.0 Å². The average molecular weight is 318 g/mol. The van der Waals surface area contributed by atoms with Crippen molar-refractivity contribution in [1.82, 2.24) is 0 Å². The first-order chi connectivity index (χ1) is 10.6. The van der Waals surface area contributed by atoms with E-state index >= 15 is 0 Å². The number of thiocarbonyl (C=S) groups is 1. The van der Waals surface area contributed by atoms with Crippen LogP contribution in [0, 0.1) is 6.92 Å². The fourth-order valence-corrected chi connectivity index (χ4v) is 2.36. The van der Waals surface area contributed by atoms with Gasteiger partial charge >= 0.3 is 0 Å². The molecule has 5 N–H and O–H groups in total. The third-order valence-corrected chi connectivity index (χ3v) is 3.58. The lowest BCUT2D eigenvalue weighted by Crippen LogP contribution is -2.20. The zero-order valence-electron chi connectivity index (χ0n) is 12.1. The molecule has 0 aliphatic carbocycles. The second kappa shape index (κ2) is 7.22. The van der Waals surface area contributed by atoms with Gasteiger partial charge in [0, 0.05) is 22.5 Å². The van der Waals surface area contributed by atoms with Crippen LogP contribution in [0.1, 0.15) is 16.7 Å². The summed E-state index contributed by atoms with van der Waals surface area (Å²) in [6, 6.07) is 11.1. The number of hydrogen-bond acceptors (Lipinski definition) is 4. The molecule has 0 spiro atoms. The van der Waals surface area contributed by atoms with Crippen LogP contribution in [0.25, 0.3) is 0 Å². The van der Waals surface area contributed by atoms with Crippen LogP contribution in [-0.4, -0.2) is 20.4 Å². The van der Waals surface area contributed by atoms with Gasteiger partial charge in [0.15, 0.2) is 5.11 Å². The molecule has 5 nitrogen and oxygen atoms in total. The van der Waals surface area contributed by atoms with E-state index < -0.39 is 0 Å². The molecule has 2 rings (SSSR count). The highest BCUT2D eigenvalue weighted by Gasteiger charge is 2.14. The summed E-state index contributed by atoms with van der Waals surface area (Å²) in [5.41, 5.74) is 2.85. The van der Waals surface area contributed by atoms with E-state index in [9.17, 15) is 15.3 Å². The Morgan fingerprint density at radius 2 is 1.77 bits per heavy atom. The number of anilines is 2. The van der Waals surface area contributed by atoms with Crippen molar-refractivity contribution in [3.05, 3.63) is 53.1 Å². The molecule has 0 radical (unpaired) electrons. The summed E-state index contributed by atoms with van der Waals surface area (Å²) < 4.78 is 0. The largest absolute Gasteiger partial charge is 0.507 e. The van der Waals surface area contributed by atoms with E-state index in [1.807, 2.05) is 30.3 Å². The Balaban J connectivity index is 2.23. The fraction of sp³-hybridized carbons (Fsp3) is 0.188. The minimum absolute atomic E-state index is 0.0880. The summed E-state index contributed by atoms with van der Waals surface area (Å²) in [5, 5.41) is 35.1. The molecule has 0 unspecified atom stereocenters. The normalized spacial score (nSPS) is 10.3. The number of benzene rings is 2. The highest BCUT2D eigenvalue weighted by Crippen LogP contribution is 2.32. The maximum Gasteiger partial charge on any atom is 0.175 e. The van der Waals surface area contributed by atoms with Crippen LogP contribution in [0.4, 0.5) is 11.4 Å². The molecule has 0 aromatic heterocycles. The van der Waals surface area contributed by atoms with Gasteiger partial charge in [-0.3, -0.25) is 0 Å². The van der Waals surface area contributed by atoms with Gasteiger partial charge in [-0.25, -0.2) is 0 Å². The summed E-state index contributed by atoms with van der Waals surface area (Å²) in [6.45, 7) is 1.12. The third kappa shape index (κ3) is 3.54. The number of aliphatic hydroxyl groups is 2. The highest BCUT2D eigenvalue weighted by atomic mass is 32.1. The first-order valence-electron chi connectivity index (χ1n) is 6.76. The quantitative estimate of drug-likeness (QED) is 0.440. The standard InChI is InChI=1S/C16H18N2O3S/c1-10-13(9-20)15(21)11(8-19)7-14(10)18-16(22)17-12-5-3-2-4-6-12/h2-7,19-21H,8-9H2,1H3,(H2,17,18,22). The Bertz CT molecular complexity index is 675. The Hall–Kier alpha value is -2.15. The fourth-order valence-electron chi connectivity index (χ4n) is 2.13. The van der Waals surface area contributed by atoms with Crippen molar-refractivity contribution in [3.63, 3.8) is 0 Å². The second-order valence-electron chi connectivity index (χ2n) is 4.80. The maximum absolute atomic E-state index is 9.97. The minimum Gasteiger partial charge on any atom is -0.507 e. The highest BCUT2D eigenvalue weighted by molar-refractivity contribution is 7.80. The van der Waals surface area contributed by atoms with Gasteiger partial charge in [-0.1, -0.05) is 18.2 Å². The number of aliphatic hydroxyl groups excluding tert-OH is 2. The van der Waals surface area contributed by atoms with Crippen molar-refractivity contribution in [2.24, 2.45) is 0 Å². The molecule has 2 aromatic carbocycles. The molecule has 22 heavy (non-hydrogen) atoms. The van der Waals surface area contributed by atoms with Crippen molar-refractivity contribution in [1.29, 1.82) is 0 Å². The molecule has 2 aromatic rings. The van der Waals surface area contributed by atoms with Crippen LogP contribution in [0.5, 0.6) is 5.75 Å². The Labute approximate surface area is 134 Å². The van der Waals surface area contributed by atoms with E-state index in [0.717, 1.165) is 5.69 Å². The number of phenols is 1. The zero-order chi connectivity index (χ0) is 16.1. The Morgan fingerprint density at radius 3 is 2.36 bits per heavy atom. The predicted molar refractivity (Wildman–Crippen MR) is 91.0 cm³/mol. The molecule has 0 aliphatic rings. The molecule has 0 amide bonds. The van der Waals surface area contributed by atoms with E-state index in [1.54, 1.807) is 13.0 Å². The Kier molecular flexibility index (Phi) is 5.32. The van der Waals surface area contributed by atoms with Crippen molar-refractivity contribution >= 4 is 28.7 Å². The summed E-state index contributed by atoms with van der Waals surface area (Å²) in [5.74, 6) is -0.0880. The van der Waals surface area contributed by atoms with E-state index in [1.165, 1.54) is 0 Å². The van der Waals surface area contributed by atoms with Gasteiger partial charge in [-0.2, -0.15) is 0 Å².